The molecule has 0 saturated heterocycles. The molecule has 0 saturated carbocycles. The summed E-state index contributed by atoms with van der Waals surface area (Å²) >= 11 is 0. The van der Waals surface area contributed by atoms with Crippen molar-refractivity contribution in [1.29, 1.82) is 0 Å². The van der Waals surface area contributed by atoms with Crippen LogP contribution in [0.5, 0.6) is 0 Å². The largest absolute Gasteiger partial charge is 0.399 e. The van der Waals surface area contributed by atoms with Gasteiger partial charge in [0.2, 0.25) is 0 Å². The molecule has 0 aliphatic rings. The van der Waals surface area contributed by atoms with Crippen molar-refractivity contribution < 1.29 is 9.59 Å². The van der Waals surface area contributed by atoms with Crippen molar-refractivity contribution in [1.82, 2.24) is 5.32 Å². The van der Waals surface area contributed by atoms with Gasteiger partial charge in [0, 0.05) is 23.6 Å². The average molecular weight is 325 g/mol. The molecule has 5 heteroatoms. The van der Waals surface area contributed by atoms with E-state index >= 15 is 0 Å². The van der Waals surface area contributed by atoms with Gasteiger partial charge in [-0.3, -0.25) is 14.5 Å². The zero-order chi connectivity index (χ0) is 17.5. The third kappa shape index (κ3) is 4.59. The fourth-order valence-electron chi connectivity index (χ4n) is 2.24. The predicted molar refractivity (Wildman–Crippen MR) is 96.9 cm³/mol. The highest BCUT2D eigenvalue weighted by Gasteiger charge is 2.24. The van der Waals surface area contributed by atoms with E-state index < -0.39 is 11.8 Å². The minimum atomic E-state index is -0.616. The third-order valence-electron chi connectivity index (χ3n) is 3.57. The van der Waals surface area contributed by atoms with E-state index in [4.69, 9.17) is 5.73 Å². The van der Waals surface area contributed by atoms with Crippen LogP contribution in [0.1, 0.15) is 20.3 Å². The summed E-state index contributed by atoms with van der Waals surface area (Å²) < 4.78 is 0. The molecule has 0 unspecified atom stereocenters. The Labute approximate surface area is 142 Å². The number of hydrogen-bond acceptors (Lipinski definition) is 3. The number of nitrogens with two attached hydrogens (primary N) is 1. The SMILES string of the molecule is CC(C)CCNC(=O)C(=O)N(c1ccccc1)c1ccc(N)cc1. The van der Waals surface area contributed by atoms with Crippen LogP contribution in [0.15, 0.2) is 54.6 Å². The average Bonchev–Trinajstić information content (AvgIpc) is 2.57. The van der Waals surface area contributed by atoms with Gasteiger partial charge in [-0.25, -0.2) is 0 Å². The van der Waals surface area contributed by atoms with E-state index in [9.17, 15) is 9.59 Å². The van der Waals surface area contributed by atoms with Crippen molar-refractivity contribution in [2.24, 2.45) is 5.92 Å². The van der Waals surface area contributed by atoms with Gasteiger partial charge in [-0.05, 0) is 48.7 Å². The number of amides is 2. The fraction of sp³-hybridized carbons (Fsp3) is 0.263. The predicted octanol–water partition coefficient (Wildman–Crippen LogP) is 3.10. The molecule has 0 atom stereocenters. The van der Waals surface area contributed by atoms with Gasteiger partial charge < -0.3 is 11.1 Å². The molecular weight excluding hydrogens is 302 g/mol. The molecule has 24 heavy (non-hydrogen) atoms. The number of carbonyl (C=O) groups is 2. The lowest BCUT2D eigenvalue weighted by atomic mass is 10.1. The van der Waals surface area contributed by atoms with Gasteiger partial charge in [0.05, 0.1) is 0 Å². The Morgan fingerprint density at radius 2 is 1.58 bits per heavy atom. The molecule has 0 heterocycles. The van der Waals surface area contributed by atoms with E-state index in [1.807, 2.05) is 18.2 Å². The van der Waals surface area contributed by atoms with Crippen LogP contribution >= 0.6 is 0 Å². The van der Waals surface area contributed by atoms with Gasteiger partial charge in [-0.1, -0.05) is 32.0 Å². The summed E-state index contributed by atoms with van der Waals surface area (Å²) in [6.07, 6.45) is 0.826. The van der Waals surface area contributed by atoms with Crippen LogP contribution in [-0.4, -0.2) is 18.4 Å². The van der Waals surface area contributed by atoms with E-state index in [0.29, 0.717) is 29.5 Å². The quantitative estimate of drug-likeness (QED) is 0.655. The molecule has 0 fully saturated rings. The number of nitrogen functional groups attached to an aromatic ring is 1. The molecule has 0 radical (unpaired) electrons. The summed E-state index contributed by atoms with van der Waals surface area (Å²) in [5, 5.41) is 2.69. The maximum atomic E-state index is 12.7. The van der Waals surface area contributed by atoms with Crippen LogP contribution in [0.25, 0.3) is 0 Å². The number of anilines is 3. The van der Waals surface area contributed by atoms with Crippen LogP contribution in [0.2, 0.25) is 0 Å². The summed E-state index contributed by atoms with van der Waals surface area (Å²) in [5.41, 5.74) is 7.54. The van der Waals surface area contributed by atoms with Gasteiger partial charge in [0.1, 0.15) is 0 Å². The maximum Gasteiger partial charge on any atom is 0.320 e. The molecule has 0 aliphatic carbocycles. The number of hydrogen-bond donors (Lipinski definition) is 2. The first-order chi connectivity index (χ1) is 11.5. The molecule has 126 valence electrons. The molecule has 0 bridgehead atoms. The summed E-state index contributed by atoms with van der Waals surface area (Å²) in [7, 11) is 0. The summed E-state index contributed by atoms with van der Waals surface area (Å²) in [4.78, 5) is 26.3. The molecule has 0 aromatic heterocycles. The monoisotopic (exact) mass is 325 g/mol. The second-order valence-electron chi connectivity index (χ2n) is 6.01. The van der Waals surface area contributed by atoms with Crippen molar-refractivity contribution in [3.05, 3.63) is 54.6 Å². The molecule has 2 rings (SSSR count). The lowest BCUT2D eigenvalue weighted by Crippen LogP contribution is -2.41. The third-order valence-corrected chi connectivity index (χ3v) is 3.57. The molecule has 3 N–H and O–H groups in total. The number of rotatable bonds is 5. The number of nitrogens with zero attached hydrogens (tertiary/aromatic N) is 1. The smallest absolute Gasteiger partial charge is 0.320 e. The van der Waals surface area contributed by atoms with Gasteiger partial charge >= 0.3 is 11.8 Å². The highest BCUT2D eigenvalue weighted by molar-refractivity contribution is 6.42. The first-order valence-electron chi connectivity index (χ1n) is 8.02. The van der Waals surface area contributed by atoms with E-state index in [1.54, 1.807) is 36.4 Å². The minimum Gasteiger partial charge on any atom is -0.399 e. The topological polar surface area (TPSA) is 75.4 Å². The van der Waals surface area contributed by atoms with Crippen LogP contribution in [0, 0.1) is 5.92 Å². The van der Waals surface area contributed by atoms with Crippen LogP contribution in [-0.2, 0) is 9.59 Å². The normalized spacial score (nSPS) is 10.5. The van der Waals surface area contributed by atoms with Crippen molar-refractivity contribution in [2.45, 2.75) is 20.3 Å². The maximum absolute atomic E-state index is 12.7. The first kappa shape index (κ1) is 17.5. The van der Waals surface area contributed by atoms with Crippen molar-refractivity contribution in [2.75, 3.05) is 17.2 Å². The van der Waals surface area contributed by atoms with Crippen molar-refractivity contribution >= 4 is 28.9 Å². The molecule has 2 aromatic carbocycles. The highest BCUT2D eigenvalue weighted by Crippen LogP contribution is 2.26. The Hall–Kier alpha value is -2.82. The van der Waals surface area contributed by atoms with E-state index in [0.717, 1.165) is 6.42 Å². The number of carbonyl (C=O) groups excluding carboxylic acids is 2. The van der Waals surface area contributed by atoms with Gasteiger partial charge in [-0.15, -0.1) is 0 Å². The molecule has 0 spiro atoms. The van der Waals surface area contributed by atoms with Gasteiger partial charge in [-0.2, -0.15) is 0 Å². The minimum absolute atomic E-state index is 0.461. The highest BCUT2D eigenvalue weighted by atomic mass is 16.2. The van der Waals surface area contributed by atoms with Crippen LogP contribution in [0.4, 0.5) is 17.1 Å². The molecule has 5 nitrogen and oxygen atoms in total. The zero-order valence-electron chi connectivity index (χ0n) is 14.0. The Morgan fingerprint density at radius 3 is 2.17 bits per heavy atom. The zero-order valence-corrected chi connectivity index (χ0v) is 14.0. The second-order valence-corrected chi connectivity index (χ2v) is 6.01. The summed E-state index contributed by atoms with van der Waals surface area (Å²) in [6.45, 7) is 4.61. The lowest BCUT2D eigenvalue weighted by Gasteiger charge is -2.22. The van der Waals surface area contributed by atoms with Gasteiger partial charge in [0.15, 0.2) is 0 Å². The molecule has 0 aliphatic heterocycles. The standard InChI is InChI=1S/C19H23N3O2/c1-14(2)12-13-21-18(23)19(24)22(16-6-4-3-5-7-16)17-10-8-15(20)9-11-17/h3-11,14H,12-13,20H2,1-2H3,(H,21,23). The first-order valence-corrected chi connectivity index (χ1v) is 8.02. The number of benzene rings is 2. The van der Waals surface area contributed by atoms with Crippen LogP contribution < -0.4 is 16.0 Å². The van der Waals surface area contributed by atoms with Crippen molar-refractivity contribution in [3.8, 4) is 0 Å². The summed E-state index contributed by atoms with van der Waals surface area (Å²) in [6, 6.07) is 15.9. The number of nitrogens with one attached hydrogen (secondary N) is 1. The molecule has 2 amide bonds. The fourth-order valence-corrected chi connectivity index (χ4v) is 2.24. The summed E-state index contributed by atoms with van der Waals surface area (Å²) in [5.74, 6) is -0.770. The van der Waals surface area contributed by atoms with Crippen molar-refractivity contribution in [3.63, 3.8) is 0 Å². The van der Waals surface area contributed by atoms with Crippen LogP contribution in [0.3, 0.4) is 0 Å². The molecular formula is C19H23N3O2. The Kier molecular flexibility index (Phi) is 5.95. The van der Waals surface area contributed by atoms with E-state index in [1.165, 1.54) is 4.90 Å². The molecule has 2 aromatic rings. The van der Waals surface area contributed by atoms with E-state index in [2.05, 4.69) is 19.2 Å². The number of para-hydroxylation sites is 1. The Bertz CT molecular complexity index is 682. The second kappa shape index (κ2) is 8.15. The van der Waals surface area contributed by atoms with E-state index in [-0.39, 0.29) is 0 Å². The Morgan fingerprint density at radius 1 is 1.00 bits per heavy atom. The Balaban J connectivity index is 2.24. The lowest BCUT2D eigenvalue weighted by molar-refractivity contribution is -0.137. The van der Waals surface area contributed by atoms with Gasteiger partial charge in [0.25, 0.3) is 0 Å².